The van der Waals surface area contributed by atoms with Crippen LogP contribution in [0.5, 0.6) is 0 Å². The molecule has 11 heteroatoms. The third-order valence-electron chi connectivity index (χ3n) is 5.95. The van der Waals surface area contributed by atoms with Gasteiger partial charge < -0.3 is 32.5 Å². The van der Waals surface area contributed by atoms with Crippen molar-refractivity contribution >= 4 is 29.6 Å². The number of carboxylic acid groups (broad SMARTS) is 1. The molecule has 0 aromatic rings. The van der Waals surface area contributed by atoms with Gasteiger partial charge in [0.15, 0.2) is 0 Å². The zero-order valence-electron chi connectivity index (χ0n) is 21.2. The summed E-state index contributed by atoms with van der Waals surface area (Å²) in [6, 6.07) is -4.05. The van der Waals surface area contributed by atoms with Gasteiger partial charge >= 0.3 is 5.97 Å². The van der Waals surface area contributed by atoms with E-state index in [1.165, 1.54) is 0 Å². The molecule has 6 unspecified atom stereocenters. The maximum Gasteiger partial charge on any atom is 0.326 e. The normalized spacial score (nSPS) is 16.5. The maximum absolute atomic E-state index is 13.1. The first-order valence-electron chi connectivity index (χ1n) is 11.9. The van der Waals surface area contributed by atoms with Crippen molar-refractivity contribution in [2.45, 2.75) is 97.8 Å². The predicted octanol–water partition coefficient (Wildman–Crippen LogP) is 0.257. The average Bonchev–Trinajstić information content (AvgIpc) is 2.76. The Bertz CT molecular complexity index is 714. The second-order valence-corrected chi connectivity index (χ2v) is 9.38. The van der Waals surface area contributed by atoms with Crippen molar-refractivity contribution in [3.05, 3.63) is 0 Å². The van der Waals surface area contributed by atoms with Gasteiger partial charge in [0.25, 0.3) is 0 Å². The summed E-state index contributed by atoms with van der Waals surface area (Å²) in [7, 11) is 0. The molecule has 0 spiro atoms. The van der Waals surface area contributed by atoms with Gasteiger partial charge in [0.1, 0.15) is 18.1 Å². The number of hydrogen-bond donors (Lipinski definition) is 6. The summed E-state index contributed by atoms with van der Waals surface area (Å²) < 4.78 is 0. The Morgan fingerprint density at radius 2 is 1.29 bits per heavy atom. The number of rotatable bonds is 16. The first kappa shape index (κ1) is 31.3. The van der Waals surface area contributed by atoms with Gasteiger partial charge in [-0.15, -0.1) is 0 Å². The summed E-state index contributed by atoms with van der Waals surface area (Å²) in [5.74, 6) is -4.05. The smallest absolute Gasteiger partial charge is 0.326 e. The van der Waals surface area contributed by atoms with Crippen LogP contribution >= 0.6 is 0 Å². The van der Waals surface area contributed by atoms with E-state index in [0.29, 0.717) is 19.3 Å². The summed E-state index contributed by atoms with van der Waals surface area (Å²) in [6.07, 6.45) is 1.38. The quantitative estimate of drug-likeness (QED) is 0.180. The number of hydrogen-bond acceptors (Lipinski definition) is 6. The number of carbonyl (C=O) groups is 5. The molecule has 34 heavy (non-hydrogen) atoms. The Labute approximate surface area is 202 Å². The number of primary amides is 1. The Morgan fingerprint density at radius 1 is 0.794 bits per heavy atom. The first-order chi connectivity index (χ1) is 15.7. The van der Waals surface area contributed by atoms with Crippen LogP contribution in [0.1, 0.15) is 73.6 Å². The number of carboxylic acids is 1. The van der Waals surface area contributed by atoms with Crippen molar-refractivity contribution in [3.63, 3.8) is 0 Å². The molecule has 0 saturated heterocycles. The van der Waals surface area contributed by atoms with Crippen LogP contribution in [0.25, 0.3) is 0 Å². The van der Waals surface area contributed by atoms with E-state index in [1.54, 1.807) is 13.8 Å². The number of aliphatic carboxylic acids is 1. The highest BCUT2D eigenvalue weighted by Crippen LogP contribution is 2.13. The van der Waals surface area contributed by atoms with Crippen LogP contribution < -0.4 is 27.4 Å². The molecular weight excluding hydrogens is 442 g/mol. The van der Waals surface area contributed by atoms with Crippen molar-refractivity contribution in [2.75, 3.05) is 0 Å². The molecule has 196 valence electrons. The summed E-state index contributed by atoms with van der Waals surface area (Å²) in [6.45, 7) is 10.9. The van der Waals surface area contributed by atoms with E-state index in [0.717, 1.165) is 0 Å². The van der Waals surface area contributed by atoms with E-state index in [2.05, 4.69) is 16.0 Å². The van der Waals surface area contributed by atoms with E-state index >= 15 is 0 Å². The van der Waals surface area contributed by atoms with Crippen LogP contribution in [-0.4, -0.2) is 58.9 Å². The lowest BCUT2D eigenvalue weighted by Gasteiger charge is -2.29. The van der Waals surface area contributed by atoms with Crippen LogP contribution in [0.15, 0.2) is 0 Å². The fourth-order valence-corrected chi connectivity index (χ4v) is 3.29. The molecule has 0 bridgehead atoms. The van der Waals surface area contributed by atoms with Gasteiger partial charge in [-0.1, -0.05) is 54.4 Å². The zero-order valence-corrected chi connectivity index (χ0v) is 21.2. The molecule has 0 heterocycles. The van der Waals surface area contributed by atoms with Gasteiger partial charge in [-0.05, 0) is 30.6 Å². The highest BCUT2D eigenvalue weighted by Gasteiger charge is 2.34. The molecule has 4 amide bonds. The van der Waals surface area contributed by atoms with Crippen LogP contribution in [0.2, 0.25) is 0 Å². The van der Waals surface area contributed by atoms with Gasteiger partial charge in [-0.25, -0.2) is 4.79 Å². The Kier molecular flexibility index (Phi) is 14.1. The van der Waals surface area contributed by atoms with Crippen LogP contribution in [0.4, 0.5) is 0 Å². The largest absolute Gasteiger partial charge is 0.480 e. The molecule has 0 aliphatic heterocycles. The molecule has 0 rings (SSSR count). The lowest BCUT2D eigenvalue weighted by molar-refractivity contribution is -0.144. The zero-order chi connectivity index (χ0) is 26.6. The van der Waals surface area contributed by atoms with Gasteiger partial charge in [0.05, 0.1) is 6.04 Å². The van der Waals surface area contributed by atoms with E-state index in [9.17, 15) is 29.1 Å². The topological polar surface area (TPSA) is 194 Å². The standard InChI is InChI=1S/C23H43N5O6/c1-7-13(5)18(22(32)28-19(23(33)34)14(6)8-2)27-21(31)16(11-12(3)4)26-20(30)15(24)9-10-17(25)29/h12-16,18-19H,7-11,24H2,1-6H3,(H2,25,29)(H,26,30)(H,27,31)(H,28,32)(H,33,34). The second kappa shape index (κ2) is 15.3. The Balaban J connectivity index is 5.57. The minimum absolute atomic E-state index is 0.0376. The minimum Gasteiger partial charge on any atom is -0.480 e. The molecule has 0 aliphatic carbocycles. The van der Waals surface area contributed by atoms with E-state index in [-0.39, 0.29) is 30.6 Å². The monoisotopic (exact) mass is 485 g/mol. The van der Waals surface area contributed by atoms with Crippen LogP contribution in [0, 0.1) is 17.8 Å². The van der Waals surface area contributed by atoms with E-state index in [4.69, 9.17) is 11.5 Å². The summed E-state index contributed by atoms with van der Waals surface area (Å²) in [5.41, 5.74) is 10.9. The number of carbonyl (C=O) groups excluding carboxylic acids is 4. The van der Waals surface area contributed by atoms with Gasteiger partial charge in [-0.2, -0.15) is 0 Å². The number of amides is 4. The molecule has 11 nitrogen and oxygen atoms in total. The third-order valence-corrected chi connectivity index (χ3v) is 5.95. The molecule has 8 N–H and O–H groups in total. The molecule has 0 aromatic carbocycles. The molecular formula is C23H43N5O6. The van der Waals surface area contributed by atoms with Crippen molar-refractivity contribution in [1.82, 2.24) is 16.0 Å². The van der Waals surface area contributed by atoms with Crippen molar-refractivity contribution in [2.24, 2.45) is 29.2 Å². The average molecular weight is 486 g/mol. The first-order valence-corrected chi connectivity index (χ1v) is 11.9. The minimum atomic E-state index is -1.15. The SMILES string of the molecule is CCC(C)C(NC(=O)C(NC(=O)C(CC(C)C)NC(=O)C(N)CCC(N)=O)C(C)CC)C(=O)O. The molecule has 0 radical (unpaired) electrons. The highest BCUT2D eigenvalue weighted by atomic mass is 16.4. The predicted molar refractivity (Wildman–Crippen MR) is 128 cm³/mol. The lowest BCUT2D eigenvalue weighted by atomic mass is 9.94. The fraction of sp³-hybridized carbons (Fsp3) is 0.783. The number of nitrogens with one attached hydrogen (secondary N) is 3. The van der Waals surface area contributed by atoms with Crippen molar-refractivity contribution in [3.8, 4) is 0 Å². The molecule has 0 saturated carbocycles. The summed E-state index contributed by atoms with van der Waals surface area (Å²) >= 11 is 0. The Hall–Kier alpha value is -2.69. The molecule has 0 aromatic heterocycles. The molecule has 6 atom stereocenters. The lowest BCUT2D eigenvalue weighted by Crippen LogP contribution is -2.59. The van der Waals surface area contributed by atoms with E-state index in [1.807, 2.05) is 27.7 Å². The fourth-order valence-electron chi connectivity index (χ4n) is 3.29. The highest BCUT2D eigenvalue weighted by molar-refractivity contribution is 5.94. The van der Waals surface area contributed by atoms with Crippen LogP contribution in [0.3, 0.4) is 0 Å². The maximum atomic E-state index is 13.1. The third kappa shape index (κ3) is 11.0. The van der Waals surface area contributed by atoms with Crippen molar-refractivity contribution < 1.29 is 29.1 Å². The van der Waals surface area contributed by atoms with Gasteiger partial charge in [0.2, 0.25) is 23.6 Å². The van der Waals surface area contributed by atoms with Gasteiger partial charge in [-0.3, -0.25) is 19.2 Å². The summed E-state index contributed by atoms with van der Waals surface area (Å²) in [4.78, 5) is 61.2. The number of nitrogens with two attached hydrogens (primary N) is 2. The van der Waals surface area contributed by atoms with Crippen molar-refractivity contribution in [1.29, 1.82) is 0 Å². The summed E-state index contributed by atoms with van der Waals surface area (Å²) in [5, 5.41) is 17.4. The second-order valence-electron chi connectivity index (χ2n) is 9.38. The molecule has 0 aliphatic rings. The van der Waals surface area contributed by atoms with E-state index < -0.39 is 53.8 Å². The Morgan fingerprint density at radius 3 is 1.74 bits per heavy atom. The van der Waals surface area contributed by atoms with Crippen LogP contribution in [-0.2, 0) is 24.0 Å². The van der Waals surface area contributed by atoms with Gasteiger partial charge in [0, 0.05) is 6.42 Å². The molecule has 0 fully saturated rings.